The molecule has 0 aliphatic carbocycles. The second-order valence-corrected chi connectivity index (χ2v) is 7.72. The van der Waals surface area contributed by atoms with Gasteiger partial charge in [0.15, 0.2) is 11.5 Å². The van der Waals surface area contributed by atoms with Gasteiger partial charge < -0.3 is 20.7 Å². The standard InChI is InChI=1S/C22H22F2N8O.3H2/c1-13(15-4-3-14(23)11-16(15)24)27-18-12-17(28-22(29-18)31-7-9-33-10-8-31)19-20(25)30-32-6-2-5-26-21(19)32;;;/h2-6,11-13H,7-10H2,1H3,(H2,25,30)(H,27,28,29);3*1H/t13-;;;/m0.../s1. The molecular formula is C22H28F2N8O. The van der Waals surface area contributed by atoms with Crippen molar-refractivity contribution in [3.63, 3.8) is 0 Å². The lowest BCUT2D eigenvalue weighted by Crippen LogP contribution is -2.37. The first-order valence-electron chi connectivity index (χ1n) is 10.5. The lowest BCUT2D eigenvalue weighted by atomic mass is 10.1. The van der Waals surface area contributed by atoms with E-state index in [1.165, 1.54) is 12.1 Å². The van der Waals surface area contributed by atoms with Crippen molar-refractivity contribution in [1.82, 2.24) is 24.6 Å². The second kappa shape index (κ2) is 8.58. The first kappa shape index (κ1) is 21.0. The normalized spacial score (nSPS) is 15.1. The molecule has 1 atom stereocenters. The summed E-state index contributed by atoms with van der Waals surface area (Å²) in [7, 11) is 0. The smallest absolute Gasteiger partial charge is 0.228 e. The second-order valence-electron chi connectivity index (χ2n) is 7.72. The van der Waals surface area contributed by atoms with Crippen LogP contribution in [-0.4, -0.2) is 50.9 Å². The Morgan fingerprint density at radius 2 is 2.00 bits per heavy atom. The van der Waals surface area contributed by atoms with Gasteiger partial charge in [0, 0.05) is 47.5 Å². The Labute approximate surface area is 192 Å². The van der Waals surface area contributed by atoms with Crippen LogP contribution >= 0.6 is 0 Å². The number of nitrogens with zero attached hydrogens (tertiary/aromatic N) is 6. The van der Waals surface area contributed by atoms with E-state index in [0.29, 0.717) is 60.5 Å². The summed E-state index contributed by atoms with van der Waals surface area (Å²) in [5.74, 6) is -0.0248. The minimum absolute atomic E-state index is 0. The van der Waals surface area contributed by atoms with E-state index in [0.717, 1.165) is 6.07 Å². The number of hydrogen-bond donors (Lipinski definition) is 2. The molecule has 0 radical (unpaired) electrons. The summed E-state index contributed by atoms with van der Waals surface area (Å²) in [5, 5.41) is 7.53. The van der Waals surface area contributed by atoms with Crippen LogP contribution in [-0.2, 0) is 4.74 Å². The van der Waals surface area contributed by atoms with Crippen LogP contribution in [0.3, 0.4) is 0 Å². The molecule has 3 aromatic heterocycles. The highest BCUT2D eigenvalue weighted by Gasteiger charge is 2.21. The number of nitrogen functional groups attached to an aromatic ring is 1. The summed E-state index contributed by atoms with van der Waals surface area (Å²) < 4.78 is 34.7. The van der Waals surface area contributed by atoms with E-state index in [1.807, 2.05) is 4.90 Å². The molecule has 176 valence electrons. The number of rotatable bonds is 5. The zero-order chi connectivity index (χ0) is 22.9. The van der Waals surface area contributed by atoms with Crippen molar-refractivity contribution in [1.29, 1.82) is 0 Å². The lowest BCUT2D eigenvalue weighted by Gasteiger charge is -2.27. The molecule has 1 aliphatic rings. The monoisotopic (exact) mass is 458 g/mol. The molecule has 5 rings (SSSR count). The van der Waals surface area contributed by atoms with Crippen molar-refractivity contribution in [2.45, 2.75) is 13.0 Å². The number of morpholine rings is 1. The van der Waals surface area contributed by atoms with Crippen molar-refractivity contribution in [3.8, 4) is 11.3 Å². The quantitative estimate of drug-likeness (QED) is 0.465. The molecule has 0 amide bonds. The third-order valence-corrected chi connectivity index (χ3v) is 5.48. The van der Waals surface area contributed by atoms with Gasteiger partial charge in [0.05, 0.1) is 30.5 Å². The number of halogens is 2. The SMILES string of the molecule is C[C@H](Nc1cc(-c2c(N)nn3cccnc23)nc(N2CCOCC2)n1)c1ccc(F)cc1F.[HH].[HH].[HH]. The van der Waals surface area contributed by atoms with E-state index >= 15 is 0 Å². The molecule has 1 fully saturated rings. The Kier molecular flexibility index (Phi) is 5.47. The minimum atomic E-state index is -0.631. The summed E-state index contributed by atoms with van der Waals surface area (Å²) in [6.45, 7) is 4.17. The molecule has 1 aliphatic heterocycles. The van der Waals surface area contributed by atoms with Crippen LogP contribution in [0.5, 0.6) is 0 Å². The number of nitrogens with two attached hydrogens (primary N) is 1. The van der Waals surface area contributed by atoms with Crippen LogP contribution in [0.15, 0.2) is 42.7 Å². The van der Waals surface area contributed by atoms with Crippen LogP contribution in [0, 0.1) is 11.6 Å². The highest BCUT2D eigenvalue weighted by Crippen LogP contribution is 2.32. The van der Waals surface area contributed by atoms with Gasteiger partial charge in [0.25, 0.3) is 0 Å². The molecular weight excluding hydrogens is 430 g/mol. The number of hydrogen-bond acceptors (Lipinski definition) is 8. The molecule has 0 saturated carbocycles. The molecule has 0 spiro atoms. The first-order valence-corrected chi connectivity index (χ1v) is 10.5. The zero-order valence-electron chi connectivity index (χ0n) is 17.9. The van der Waals surface area contributed by atoms with Gasteiger partial charge in [-0.3, -0.25) is 0 Å². The van der Waals surface area contributed by atoms with Crippen LogP contribution < -0.4 is 16.0 Å². The van der Waals surface area contributed by atoms with Crippen molar-refractivity contribution in [2.24, 2.45) is 0 Å². The minimum Gasteiger partial charge on any atom is -0.382 e. The highest BCUT2D eigenvalue weighted by atomic mass is 19.1. The third-order valence-electron chi connectivity index (χ3n) is 5.48. The maximum Gasteiger partial charge on any atom is 0.228 e. The van der Waals surface area contributed by atoms with Gasteiger partial charge in [-0.05, 0) is 19.1 Å². The summed E-state index contributed by atoms with van der Waals surface area (Å²) in [6, 6.07) is 6.51. The van der Waals surface area contributed by atoms with E-state index in [9.17, 15) is 8.78 Å². The van der Waals surface area contributed by atoms with Crippen LogP contribution in [0.4, 0.5) is 26.4 Å². The lowest BCUT2D eigenvalue weighted by molar-refractivity contribution is 0.122. The first-order chi connectivity index (χ1) is 16.0. The number of anilines is 3. The number of fused-ring (bicyclic) bond motifs is 1. The Morgan fingerprint density at radius 3 is 2.79 bits per heavy atom. The molecule has 0 unspecified atom stereocenters. The van der Waals surface area contributed by atoms with E-state index in [1.54, 1.807) is 36.0 Å². The fraction of sp³-hybridized carbons (Fsp3) is 0.273. The predicted octanol–water partition coefficient (Wildman–Crippen LogP) is 3.79. The Balaban J connectivity index is 0.00000152. The van der Waals surface area contributed by atoms with Crippen molar-refractivity contribution < 1.29 is 17.8 Å². The summed E-state index contributed by atoms with van der Waals surface area (Å²) >= 11 is 0. The number of aromatic nitrogens is 5. The van der Waals surface area contributed by atoms with Gasteiger partial charge >= 0.3 is 0 Å². The van der Waals surface area contributed by atoms with E-state index in [-0.39, 0.29) is 10.1 Å². The van der Waals surface area contributed by atoms with Gasteiger partial charge in [-0.15, -0.1) is 5.10 Å². The Morgan fingerprint density at radius 1 is 1.18 bits per heavy atom. The maximum absolute atomic E-state index is 14.3. The summed E-state index contributed by atoms with van der Waals surface area (Å²) in [6.07, 6.45) is 3.41. The largest absolute Gasteiger partial charge is 0.382 e. The maximum atomic E-state index is 14.3. The van der Waals surface area contributed by atoms with E-state index in [4.69, 9.17) is 15.5 Å². The fourth-order valence-corrected chi connectivity index (χ4v) is 3.84. The summed E-state index contributed by atoms with van der Waals surface area (Å²) in [5.41, 5.74) is 8.21. The van der Waals surface area contributed by atoms with Crippen LogP contribution in [0.25, 0.3) is 16.9 Å². The number of ether oxygens (including phenoxy) is 1. The molecule has 0 bridgehead atoms. The van der Waals surface area contributed by atoms with Crippen molar-refractivity contribution >= 4 is 23.2 Å². The molecule has 3 N–H and O–H groups in total. The zero-order valence-corrected chi connectivity index (χ0v) is 17.9. The average Bonchev–Trinajstić information content (AvgIpc) is 3.15. The van der Waals surface area contributed by atoms with Gasteiger partial charge in [0.1, 0.15) is 17.5 Å². The molecule has 33 heavy (non-hydrogen) atoms. The number of benzene rings is 1. The molecule has 1 aromatic carbocycles. The molecule has 9 nitrogen and oxygen atoms in total. The van der Waals surface area contributed by atoms with Gasteiger partial charge in [-0.1, -0.05) is 6.07 Å². The van der Waals surface area contributed by atoms with E-state index < -0.39 is 17.7 Å². The van der Waals surface area contributed by atoms with Gasteiger partial charge in [-0.25, -0.2) is 23.3 Å². The Bertz CT molecular complexity index is 1320. The number of nitrogens with one attached hydrogen (secondary N) is 1. The summed E-state index contributed by atoms with van der Waals surface area (Å²) in [4.78, 5) is 15.8. The van der Waals surface area contributed by atoms with Gasteiger partial charge in [-0.2, -0.15) is 4.98 Å². The van der Waals surface area contributed by atoms with Gasteiger partial charge in [0.2, 0.25) is 5.95 Å². The van der Waals surface area contributed by atoms with E-state index in [2.05, 4.69) is 20.4 Å². The Hall–Kier alpha value is -3.86. The van der Waals surface area contributed by atoms with Crippen LogP contribution in [0.2, 0.25) is 0 Å². The predicted molar refractivity (Wildman–Crippen MR) is 126 cm³/mol. The average molecular weight is 459 g/mol. The molecule has 4 heterocycles. The molecule has 11 heteroatoms. The molecule has 1 saturated heterocycles. The van der Waals surface area contributed by atoms with Crippen LogP contribution in [0.1, 0.15) is 22.8 Å². The highest BCUT2D eigenvalue weighted by molar-refractivity contribution is 5.85. The van der Waals surface area contributed by atoms with Crippen molar-refractivity contribution in [2.75, 3.05) is 42.3 Å². The third kappa shape index (κ3) is 4.14. The van der Waals surface area contributed by atoms with Crippen molar-refractivity contribution in [3.05, 3.63) is 59.9 Å². The fourth-order valence-electron chi connectivity index (χ4n) is 3.84. The molecule has 4 aromatic rings. The topological polar surface area (TPSA) is 106 Å².